The lowest BCUT2D eigenvalue weighted by atomic mass is 9.82. The second-order valence-electron chi connectivity index (χ2n) is 6.59. The SMILES string of the molecule is CC(=C=CC(C)C(C)(C)C)C(=O)OC(C)(C)C. The van der Waals surface area contributed by atoms with Crippen LogP contribution in [0.3, 0.4) is 0 Å². The summed E-state index contributed by atoms with van der Waals surface area (Å²) in [5.74, 6) is 0.0646. The van der Waals surface area contributed by atoms with Crippen molar-refractivity contribution in [2.45, 2.75) is 61.0 Å². The Morgan fingerprint density at radius 1 is 1.18 bits per heavy atom. The highest BCUT2D eigenvalue weighted by Gasteiger charge is 2.19. The zero-order chi connectivity index (χ0) is 13.9. The molecule has 98 valence electrons. The van der Waals surface area contributed by atoms with Gasteiger partial charge in [0.2, 0.25) is 0 Å². The molecule has 0 rings (SSSR count). The van der Waals surface area contributed by atoms with Gasteiger partial charge in [-0.2, -0.15) is 0 Å². The van der Waals surface area contributed by atoms with Crippen molar-refractivity contribution in [3.63, 3.8) is 0 Å². The second-order valence-corrected chi connectivity index (χ2v) is 6.59. The zero-order valence-corrected chi connectivity index (χ0v) is 12.5. The van der Waals surface area contributed by atoms with Crippen LogP contribution in [0, 0.1) is 11.3 Å². The first-order valence-electron chi connectivity index (χ1n) is 6.10. The van der Waals surface area contributed by atoms with Crippen molar-refractivity contribution in [3.05, 3.63) is 17.4 Å². The summed E-state index contributed by atoms with van der Waals surface area (Å²) in [5.41, 5.74) is 3.29. The predicted molar refractivity (Wildman–Crippen MR) is 71.7 cm³/mol. The molecule has 1 unspecified atom stereocenters. The first kappa shape index (κ1) is 16.0. The Kier molecular flexibility index (Phi) is 5.22. The predicted octanol–water partition coefficient (Wildman–Crippen LogP) is 4.11. The van der Waals surface area contributed by atoms with Gasteiger partial charge in [-0.25, -0.2) is 4.79 Å². The molecule has 0 spiro atoms. The number of rotatable bonds is 2. The summed E-state index contributed by atoms with van der Waals surface area (Å²) in [6, 6.07) is 0. The highest BCUT2D eigenvalue weighted by Crippen LogP contribution is 2.26. The lowest BCUT2D eigenvalue weighted by Crippen LogP contribution is -2.24. The minimum absolute atomic E-state index is 0.182. The summed E-state index contributed by atoms with van der Waals surface area (Å²) in [6.45, 7) is 15.9. The number of ether oxygens (including phenoxy) is 1. The molecule has 0 fully saturated rings. The molecule has 0 aliphatic rings. The van der Waals surface area contributed by atoms with E-state index >= 15 is 0 Å². The number of hydrogen-bond acceptors (Lipinski definition) is 2. The molecule has 2 nitrogen and oxygen atoms in total. The molecular formula is C15H26O2. The molecule has 0 radical (unpaired) electrons. The molecule has 0 amide bonds. The quantitative estimate of drug-likeness (QED) is 0.411. The Morgan fingerprint density at radius 3 is 2.00 bits per heavy atom. The number of carbonyl (C=O) groups is 1. The summed E-state index contributed by atoms with van der Waals surface area (Å²) in [5, 5.41) is 0. The monoisotopic (exact) mass is 238 g/mol. The van der Waals surface area contributed by atoms with E-state index in [0.717, 1.165) is 0 Å². The van der Waals surface area contributed by atoms with E-state index in [1.807, 2.05) is 26.8 Å². The van der Waals surface area contributed by atoms with E-state index in [0.29, 0.717) is 11.5 Å². The van der Waals surface area contributed by atoms with Crippen LogP contribution in [0.4, 0.5) is 0 Å². The van der Waals surface area contributed by atoms with Crippen LogP contribution in [0.1, 0.15) is 55.4 Å². The number of hydrogen-bond donors (Lipinski definition) is 0. The minimum Gasteiger partial charge on any atom is -0.456 e. The lowest BCUT2D eigenvalue weighted by Gasteiger charge is -2.23. The van der Waals surface area contributed by atoms with Crippen LogP contribution >= 0.6 is 0 Å². The van der Waals surface area contributed by atoms with E-state index in [1.165, 1.54) is 0 Å². The van der Waals surface area contributed by atoms with Crippen molar-refractivity contribution in [1.29, 1.82) is 0 Å². The van der Waals surface area contributed by atoms with Gasteiger partial charge in [-0.3, -0.25) is 0 Å². The summed E-state index contributed by atoms with van der Waals surface area (Å²) in [7, 11) is 0. The van der Waals surface area contributed by atoms with E-state index < -0.39 is 5.60 Å². The topological polar surface area (TPSA) is 26.3 Å². The molecule has 0 aromatic rings. The van der Waals surface area contributed by atoms with E-state index in [9.17, 15) is 4.79 Å². The molecule has 0 saturated carbocycles. The highest BCUT2D eigenvalue weighted by atomic mass is 16.6. The number of carbonyl (C=O) groups excluding carboxylic acids is 1. The van der Waals surface area contributed by atoms with Gasteiger partial charge < -0.3 is 4.74 Å². The largest absolute Gasteiger partial charge is 0.456 e. The molecule has 0 heterocycles. The Balaban J connectivity index is 4.76. The average Bonchev–Trinajstić information content (AvgIpc) is 2.08. The van der Waals surface area contributed by atoms with E-state index in [-0.39, 0.29) is 11.4 Å². The third-order valence-corrected chi connectivity index (χ3v) is 2.62. The summed E-state index contributed by atoms with van der Waals surface area (Å²) >= 11 is 0. The van der Waals surface area contributed by atoms with Crippen molar-refractivity contribution in [3.8, 4) is 0 Å². The van der Waals surface area contributed by atoms with Crippen LogP contribution < -0.4 is 0 Å². The first-order chi connectivity index (χ1) is 7.43. The van der Waals surface area contributed by atoms with Crippen LogP contribution in [-0.4, -0.2) is 11.6 Å². The smallest absolute Gasteiger partial charge is 0.342 e. The minimum atomic E-state index is -0.449. The molecule has 0 aromatic carbocycles. The molecule has 1 atom stereocenters. The Bertz CT molecular complexity index is 331. The zero-order valence-electron chi connectivity index (χ0n) is 12.5. The van der Waals surface area contributed by atoms with Crippen molar-refractivity contribution in [2.24, 2.45) is 11.3 Å². The summed E-state index contributed by atoms with van der Waals surface area (Å²) in [6.07, 6.45) is 1.94. The van der Waals surface area contributed by atoms with Crippen LogP contribution in [-0.2, 0) is 9.53 Å². The van der Waals surface area contributed by atoms with Gasteiger partial charge in [0.05, 0.1) is 5.57 Å². The van der Waals surface area contributed by atoms with Gasteiger partial charge in [0.25, 0.3) is 0 Å². The van der Waals surface area contributed by atoms with Gasteiger partial charge in [-0.15, -0.1) is 5.73 Å². The third-order valence-electron chi connectivity index (χ3n) is 2.62. The normalized spacial score (nSPS) is 13.6. The third kappa shape index (κ3) is 7.01. The fraction of sp³-hybridized carbons (Fsp3) is 0.733. The van der Waals surface area contributed by atoms with Crippen LogP contribution in [0.15, 0.2) is 17.4 Å². The molecule has 17 heavy (non-hydrogen) atoms. The fourth-order valence-corrected chi connectivity index (χ4v) is 0.914. The molecule has 0 aliphatic heterocycles. The second kappa shape index (κ2) is 5.55. The van der Waals surface area contributed by atoms with Crippen LogP contribution in [0.5, 0.6) is 0 Å². The molecule has 0 saturated heterocycles. The van der Waals surface area contributed by atoms with Gasteiger partial charge in [0.1, 0.15) is 5.60 Å². The Hall–Kier alpha value is -1.01. The summed E-state index contributed by atoms with van der Waals surface area (Å²) < 4.78 is 5.26. The highest BCUT2D eigenvalue weighted by molar-refractivity contribution is 5.87. The van der Waals surface area contributed by atoms with Crippen molar-refractivity contribution < 1.29 is 9.53 Å². The molecule has 0 N–H and O–H groups in total. The van der Waals surface area contributed by atoms with Gasteiger partial charge in [-0.1, -0.05) is 27.7 Å². The fourth-order valence-electron chi connectivity index (χ4n) is 0.914. The number of esters is 1. The van der Waals surface area contributed by atoms with Gasteiger partial charge in [0, 0.05) is 0 Å². The Labute approximate surface area is 106 Å². The maximum Gasteiger partial charge on any atom is 0.342 e. The van der Waals surface area contributed by atoms with E-state index in [2.05, 4.69) is 33.4 Å². The van der Waals surface area contributed by atoms with E-state index in [4.69, 9.17) is 4.74 Å². The average molecular weight is 238 g/mol. The molecule has 2 heteroatoms. The van der Waals surface area contributed by atoms with Crippen molar-refractivity contribution in [2.75, 3.05) is 0 Å². The van der Waals surface area contributed by atoms with Gasteiger partial charge in [0.15, 0.2) is 0 Å². The first-order valence-corrected chi connectivity index (χ1v) is 6.10. The van der Waals surface area contributed by atoms with Gasteiger partial charge >= 0.3 is 5.97 Å². The Morgan fingerprint density at radius 2 is 1.65 bits per heavy atom. The maximum atomic E-state index is 11.7. The lowest BCUT2D eigenvalue weighted by molar-refractivity contribution is -0.149. The molecule has 0 aliphatic carbocycles. The van der Waals surface area contributed by atoms with Crippen molar-refractivity contribution in [1.82, 2.24) is 0 Å². The van der Waals surface area contributed by atoms with Crippen molar-refractivity contribution >= 4 is 5.97 Å². The summed E-state index contributed by atoms with van der Waals surface area (Å²) in [4.78, 5) is 11.7. The molecule has 0 bridgehead atoms. The van der Waals surface area contributed by atoms with E-state index in [1.54, 1.807) is 6.92 Å². The van der Waals surface area contributed by atoms with Crippen LogP contribution in [0.2, 0.25) is 0 Å². The van der Waals surface area contributed by atoms with Crippen LogP contribution in [0.25, 0.3) is 0 Å². The maximum absolute atomic E-state index is 11.7. The van der Waals surface area contributed by atoms with Gasteiger partial charge in [-0.05, 0) is 45.1 Å². The molecule has 0 aromatic heterocycles. The molecular weight excluding hydrogens is 212 g/mol. The standard InChI is InChI=1S/C15H26O2/c1-11(13(16)17-15(6,7)8)9-10-12(2)14(3,4)5/h10,12H,1-8H3.